The molecule has 28 heavy (non-hydrogen) atoms. The van der Waals surface area contributed by atoms with E-state index in [1.54, 1.807) is 24.3 Å². The highest BCUT2D eigenvalue weighted by Gasteiger charge is 2.42. The molecular weight excluding hydrogens is 362 g/mol. The van der Waals surface area contributed by atoms with E-state index in [9.17, 15) is 14.4 Å². The van der Waals surface area contributed by atoms with E-state index in [-0.39, 0.29) is 24.3 Å². The number of nitrogens with one attached hydrogen (secondary N) is 2. The molecule has 1 aromatic heterocycles. The van der Waals surface area contributed by atoms with Crippen LogP contribution in [0.1, 0.15) is 38.5 Å². The van der Waals surface area contributed by atoms with Crippen LogP contribution < -0.4 is 10.6 Å². The quantitative estimate of drug-likeness (QED) is 0.765. The fraction of sp³-hybridized carbons (Fsp3) is 0.421. The molecule has 1 saturated heterocycles. The summed E-state index contributed by atoms with van der Waals surface area (Å²) in [5, 5.41) is 12.9. The highest BCUT2D eigenvalue weighted by molar-refractivity contribution is 6.07. The molecule has 0 spiro atoms. The highest BCUT2D eigenvalue weighted by atomic mass is 16.4. The Hall–Kier alpha value is -3.23. The van der Waals surface area contributed by atoms with Crippen molar-refractivity contribution < 1.29 is 18.8 Å². The molecule has 2 N–H and O–H groups in total. The molecule has 1 aliphatic carbocycles. The van der Waals surface area contributed by atoms with E-state index >= 15 is 0 Å². The lowest BCUT2D eigenvalue weighted by molar-refractivity contribution is -0.131. The van der Waals surface area contributed by atoms with Crippen molar-refractivity contribution in [3.05, 3.63) is 30.7 Å². The van der Waals surface area contributed by atoms with E-state index in [1.165, 1.54) is 11.3 Å². The Morgan fingerprint density at radius 2 is 2.07 bits per heavy atom. The van der Waals surface area contributed by atoms with Crippen LogP contribution in [0.2, 0.25) is 0 Å². The number of anilines is 1. The van der Waals surface area contributed by atoms with E-state index in [4.69, 9.17) is 4.42 Å². The number of carbonyl (C=O) groups excluding carboxylic acids is 3. The minimum Gasteiger partial charge on any atom is -0.423 e. The van der Waals surface area contributed by atoms with Crippen molar-refractivity contribution in [2.45, 2.75) is 50.6 Å². The van der Waals surface area contributed by atoms with E-state index in [2.05, 4.69) is 20.8 Å². The smallest absolute Gasteiger partial charge is 0.325 e. The number of urea groups is 1. The molecule has 1 aliphatic heterocycles. The Morgan fingerprint density at radius 3 is 2.82 bits per heavy atom. The second-order valence-electron chi connectivity index (χ2n) is 7.08. The van der Waals surface area contributed by atoms with Gasteiger partial charge in [-0.25, -0.2) is 4.79 Å². The number of imide groups is 1. The Kier molecular flexibility index (Phi) is 5.05. The van der Waals surface area contributed by atoms with Gasteiger partial charge in [-0.3, -0.25) is 14.5 Å². The highest BCUT2D eigenvalue weighted by Crippen LogP contribution is 2.26. The zero-order chi connectivity index (χ0) is 19.5. The van der Waals surface area contributed by atoms with Gasteiger partial charge in [-0.15, -0.1) is 10.2 Å². The Balaban J connectivity index is 1.38. The first kappa shape index (κ1) is 18.1. The zero-order valence-electron chi connectivity index (χ0n) is 15.3. The van der Waals surface area contributed by atoms with Crippen LogP contribution in [0.15, 0.2) is 35.1 Å². The Morgan fingerprint density at radius 1 is 1.25 bits per heavy atom. The molecule has 2 fully saturated rings. The molecule has 0 bridgehead atoms. The minimum absolute atomic E-state index is 0.0552. The molecule has 2 heterocycles. The summed E-state index contributed by atoms with van der Waals surface area (Å²) in [6.45, 7) is 0. The minimum atomic E-state index is -0.825. The molecule has 2 aliphatic rings. The maximum absolute atomic E-state index is 12.6. The van der Waals surface area contributed by atoms with Crippen LogP contribution in [0.3, 0.4) is 0 Å². The van der Waals surface area contributed by atoms with Crippen LogP contribution in [0.4, 0.5) is 10.5 Å². The molecule has 0 radical (unpaired) electrons. The molecule has 146 valence electrons. The van der Waals surface area contributed by atoms with Gasteiger partial charge in [0.2, 0.25) is 18.2 Å². The lowest BCUT2D eigenvalue weighted by atomic mass is 9.94. The van der Waals surface area contributed by atoms with Gasteiger partial charge in [0.15, 0.2) is 0 Å². The summed E-state index contributed by atoms with van der Waals surface area (Å²) in [4.78, 5) is 38.6. The van der Waals surface area contributed by atoms with Gasteiger partial charge < -0.3 is 15.1 Å². The lowest BCUT2D eigenvalue weighted by Crippen LogP contribution is -2.42. The molecule has 4 rings (SSSR count). The second kappa shape index (κ2) is 7.79. The molecule has 4 amide bonds. The predicted molar refractivity (Wildman–Crippen MR) is 99.0 cm³/mol. The summed E-state index contributed by atoms with van der Waals surface area (Å²) in [5.41, 5.74) is 1.21. The topological polar surface area (TPSA) is 117 Å². The number of benzene rings is 1. The molecule has 9 heteroatoms. The number of nitrogens with zero attached hydrogens (tertiary/aromatic N) is 3. The van der Waals surface area contributed by atoms with Crippen molar-refractivity contribution in [1.82, 2.24) is 20.4 Å². The van der Waals surface area contributed by atoms with Gasteiger partial charge in [0.05, 0.1) is 6.42 Å². The first-order valence-corrected chi connectivity index (χ1v) is 9.42. The normalized spacial score (nSPS) is 20.3. The van der Waals surface area contributed by atoms with Crippen molar-refractivity contribution >= 4 is 23.5 Å². The first-order valence-electron chi connectivity index (χ1n) is 9.42. The standard InChI is InChI=1S/C19H21N5O4/c25-16(21-13-6-4-5-12(9-13)17-23-20-11-28-17)10-15-18(26)24(19(27)22-15)14-7-2-1-3-8-14/h4-6,9,11,14-15H,1-3,7-8,10H2,(H,21,25)(H,22,27)/t15-/m1/s1. The third-order valence-corrected chi connectivity index (χ3v) is 5.13. The Labute approximate surface area is 161 Å². The SMILES string of the molecule is O=C(C[C@H]1NC(=O)N(C2CCCCC2)C1=O)Nc1cccc(-c2nnco2)c1. The van der Waals surface area contributed by atoms with Crippen LogP contribution in [0, 0.1) is 0 Å². The van der Waals surface area contributed by atoms with Crippen molar-refractivity contribution in [3.8, 4) is 11.5 Å². The van der Waals surface area contributed by atoms with Gasteiger partial charge in [0, 0.05) is 17.3 Å². The van der Waals surface area contributed by atoms with E-state index in [0.29, 0.717) is 17.1 Å². The molecule has 1 saturated carbocycles. The van der Waals surface area contributed by atoms with Gasteiger partial charge in [0.1, 0.15) is 6.04 Å². The first-order chi connectivity index (χ1) is 13.6. The van der Waals surface area contributed by atoms with Crippen molar-refractivity contribution in [3.63, 3.8) is 0 Å². The fourth-order valence-electron chi connectivity index (χ4n) is 3.80. The van der Waals surface area contributed by atoms with Crippen LogP contribution in [0.5, 0.6) is 0 Å². The van der Waals surface area contributed by atoms with Crippen LogP contribution >= 0.6 is 0 Å². The van der Waals surface area contributed by atoms with Crippen LogP contribution in [0.25, 0.3) is 11.5 Å². The molecular formula is C19H21N5O4. The Bertz CT molecular complexity index is 876. The summed E-state index contributed by atoms with van der Waals surface area (Å²) in [6.07, 6.45) is 5.95. The van der Waals surface area contributed by atoms with Crippen molar-refractivity contribution in [1.29, 1.82) is 0 Å². The van der Waals surface area contributed by atoms with Crippen molar-refractivity contribution in [2.75, 3.05) is 5.32 Å². The maximum atomic E-state index is 12.6. The molecule has 9 nitrogen and oxygen atoms in total. The number of carbonyl (C=O) groups is 3. The van der Waals surface area contributed by atoms with Gasteiger partial charge in [-0.2, -0.15) is 0 Å². The van der Waals surface area contributed by atoms with E-state index in [0.717, 1.165) is 32.1 Å². The summed E-state index contributed by atoms with van der Waals surface area (Å²) in [7, 11) is 0. The van der Waals surface area contributed by atoms with Crippen LogP contribution in [-0.2, 0) is 9.59 Å². The number of aromatic nitrogens is 2. The third kappa shape index (κ3) is 3.73. The zero-order valence-corrected chi connectivity index (χ0v) is 15.3. The largest absolute Gasteiger partial charge is 0.423 e. The van der Waals surface area contributed by atoms with Gasteiger partial charge >= 0.3 is 6.03 Å². The van der Waals surface area contributed by atoms with Crippen LogP contribution in [-0.4, -0.2) is 45.0 Å². The lowest BCUT2D eigenvalue weighted by Gasteiger charge is -2.28. The fourth-order valence-corrected chi connectivity index (χ4v) is 3.80. The molecule has 1 aromatic carbocycles. The summed E-state index contributed by atoms with van der Waals surface area (Å²) in [5.74, 6) is -0.323. The molecule has 0 unspecified atom stereocenters. The third-order valence-electron chi connectivity index (χ3n) is 5.13. The predicted octanol–water partition coefficient (Wildman–Crippen LogP) is 2.32. The molecule has 2 aromatic rings. The number of hydrogen-bond donors (Lipinski definition) is 2. The summed E-state index contributed by atoms with van der Waals surface area (Å²) < 4.78 is 5.15. The van der Waals surface area contributed by atoms with E-state index in [1.807, 2.05) is 0 Å². The maximum Gasteiger partial charge on any atom is 0.325 e. The van der Waals surface area contributed by atoms with Gasteiger partial charge in [-0.1, -0.05) is 25.3 Å². The summed E-state index contributed by atoms with van der Waals surface area (Å²) >= 11 is 0. The number of amides is 4. The second-order valence-corrected chi connectivity index (χ2v) is 7.08. The monoisotopic (exact) mass is 383 g/mol. The van der Waals surface area contributed by atoms with Crippen molar-refractivity contribution in [2.24, 2.45) is 0 Å². The average molecular weight is 383 g/mol. The van der Waals surface area contributed by atoms with Gasteiger partial charge in [-0.05, 0) is 31.0 Å². The van der Waals surface area contributed by atoms with E-state index < -0.39 is 12.1 Å². The number of rotatable bonds is 5. The number of hydrogen-bond acceptors (Lipinski definition) is 6. The van der Waals surface area contributed by atoms with Gasteiger partial charge in [0.25, 0.3) is 5.91 Å². The summed E-state index contributed by atoms with van der Waals surface area (Å²) in [6, 6.07) is 5.69. The average Bonchev–Trinajstić information content (AvgIpc) is 3.32. The molecule has 1 atom stereocenters.